The molecule has 0 radical (unpaired) electrons. The lowest BCUT2D eigenvalue weighted by Crippen LogP contribution is -2.34. The first-order valence-corrected chi connectivity index (χ1v) is 9.27. The van der Waals surface area contributed by atoms with Crippen molar-refractivity contribution in [3.63, 3.8) is 0 Å². The number of benzene rings is 1. The van der Waals surface area contributed by atoms with Gasteiger partial charge in [-0.05, 0) is 69.8 Å². The Morgan fingerprint density at radius 3 is 3.04 bits per heavy atom. The fraction of sp³-hybridized carbons (Fsp3) is 0.600. The van der Waals surface area contributed by atoms with Gasteiger partial charge in [0.2, 0.25) is 0 Å². The molecule has 4 rings (SSSR count). The van der Waals surface area contributed by atoms with Crippen molar-refractivity contribution < 1.29 is 0 Å². The molecule has 1 aromatic heterocycles. The molecular formula is C20H29N3. The zero-order chi connectivity index (χ0) is 15.8. The molecule has 124 valence electrons. The van der Waals surface area contributed by atoms with Crippen molar-refractivity contribution in [3.8, 4) is 0 Å². The molecule has 3 heteroatoms. The van der Waals surface area contributed by atoms with Gasteiger partial charge in [0.05, 0.1) is 0 Å². The average Bonchev–Trinajstić information content (AvgIpc) is 2.86. The average molecular weight is 311 g/mol. The Kier molecular flexibility index (Phi) is 4.16. The molecule has 1 fully saturated rings. The molecule has 0 aliphatic carbocycles. The van der Waals surface area contributed by atoms with Gasteiger partial charge in [-0.2, -0.15) is 0 Å². The fourth-order valence-corrected chi connectivity index (χ4v) is 4.40. The first-order chi connectivity index (χ1) is 11.2. The smallest absolute Gasteiger partial charge is 0.0486 e. The number of hydrogen-bond donors (Lipinski definition) is 2. The zero-order valence-corrected chi connectivity index (χ0v) is 14.5. The second-order valence-electron chi connectivity index (χ2n) is 7.58. The van der Waals surface area contributed by atoms with Crippen LogP contribution in [0.3, 0.4) is 0 Å². The van der Waals surface area contributed by atoms with Crippen LogP contribution in [-0.2, 0) is 19.5 Å². The Morgan fingerprint density at radius 2 is 2.22 bits per heavy atom. The summed E-state index contributed by atoms with van der Waals surface area (Å²) in [4.78, 5) is 0. The normalized spacial score (nSPS) is 24.8. The number of nitrogens with one attached hydrogen (secondary N) is 2. The van der Waals surface area contributed by atoms with Crippen molar-refractivity contribution in [1.82, 2.24) is 15.2 Å². The second kappa shape index (κ2) is 6.29. The first kappa shape index (κ1) is 15.2. The van der Waals surface area contributed by atoms with Gasteiger partial charge in [0.15, 0.2) is 0 Å². The van der Waals surface area contributed by atoms with Crippen LogP contribution < -0.4 is 10.6 Å². The maximum absolute atomic E-state index is 3.65. The highest BCUT2D eigenvalue weighted by Gasteiger charge is 2.23. The summed E-state index contributed by atoms with van der Waals surface area (Å²) < 4.78 is 2.63. The number of nitrogens with zero attached hydrogens (tertiary/aromatic N) is 1. The van der Waals surface area contributed by atoms with Gasteiger partial charge in [0.1, 0.15) is 0 Å². The molecule has 0 amide bonds. The number of aromatic nitrogens is 1. The molecule has 2 unspecified atom stereocenters. The highest BCUT2D eigenvalue weighted by Crippen LogP contribution is 2.31. The van der Waals surface area contributed by atoms with E-state index in [0.29, 0.717) is 6.04 Å². The number of fused-ring (bicyclic) bond motifs is 3. The van der Waals surface area contributed by atoms with Crippen LogP contribution in [0.1, 0.15) is 43.0 Å². The second-order valence-corrected chi connectivity index (χ2v) is 7.58. The Balaban J connectivity index is 1.68. The van der Waals surface area contributed by atoms with E-state index < -0.39 is 0 Å². The van der Waals surface area contributed by atoms with E-state index in [-0.39, 0.29) is 0 Å². The van der Waals surface area contributed by atoms with E-state index in [2.05, 4.69) is 47.2 Å². The Labute approximate surface area is 139 Å². The van der Waals surface area contributed by atoms with Gasteiger partial charge in [0, 0.05) is 42.1 Å². The standard InChI is InChI=1S/C20H29N3/c1-14-5-6-19-17(10-14)18-13-22-15(2)11-20(18)23(19)9-7-16-4-3-8-21-12-16/h5-6,10,15-16,21-22H,3-4,7-9,11-13H2,1-2H3. The van der Waals surface area contributed by atoms with Crippen LogP contribution >= 0.6 is 0 Å². The maximum atomic E-state index is 3.65. The molecule has 0 spiro atoms. The summed E-state index contributed by atoms with van der Waals surface area (Å²) in [6, 6.07) is 7.57. The van der Waals surface area contributed by atoms with Crippen molar-refractivity contribution in [2.24, 2.45) is 5.92 Å². The van der Waals surface area contributed by atoms with E-state index in [0.717, 1.165) is 18.9 Å². The summed E-state index contributed by atoms with van der Waals surface area (Å²) in [7, 11) is 0. The topological polar surface area (TPSA) is 29.0 Å². The lowest BCUT2D eigenvalue weighted by atomic mass is 9.96. The molecule has 0 saturated carbocycles. The quantitative estimate of drug-likeness (QED) is 0.910. The SMILES string of the molecule is Cc1ccc2c(c1)c1c(n2CCC2CCCNC2)CC(C)NC1. The minimum atomic E-state index is 0.586. The van der Waals surface area contributed by atoms with E-state index in [1.165, 1.54) is 55.4 Å². The summed E-state index contributed by atoms with van der Waals surface area (Å²) in [6.07, 6.45) is 5.20. The first-order valence-electron chi connectivity index (χ1n) is 9.27. The zero-order valence-electron chi connectivity index (χ0n) is 14.5. The molecular weight excluding hydrogens is 282 g/mol. The van der Waals surface area contributed by atoms with Gasteiger partial charge in [-0.1, -0.05) is 11.6 Å². The van der Waals surface area contributed by atoms with Gasteiger partial charge in [0.25, 0.3) is 0 Å². The number of aryl methyl sites for hydroxylation is 2. The molecule has 3 nitrogen and oxygen atoms in total. The van der Waals surface area contributed by atoms with Crippen LogP contribution in [0.15, 0.2) is 18.2 Å². The van der Waals surface area contributed by atoms with Crippen LogP contribution in [0.25, 0.3) is 10.9 Å². The van der Waals surface area contributed by atoms with Crippen molar-refractivity contribution in [2.45, 2.75) is 58.7 Å². The highest BCUT2D eigenvalue weighted by atomic mass is 15.0. The summed E-state index contributed by atoms with van der Waals surface area (Å²) in [5.41, 5.74) is 5.94. The Bertz CT molecular complexity index is 694. The predicted molar refractivity (Wildman–Crippen MR) is 96.9 cm³/mol. The van der Waals surface area contributed by atoms with Gasteiger partial charge < -0.3 is 15.2 Å². The minimum absolute atomic E-state index is 0.586. The molecule has 0 bridgehead atoms. The molecule has 2 N–H and O–H groups in total. The summed E-state index contributed by atoms with van der Waals surface area (Å²) in [5, 5.41) is 8.68. The van der Waals surface area contributed by atoms with Crippen molar-refractivity contribution in [2.75, 3.05) is 13.1 Å². The molecule has 1 aromatic carbocycles. The van der Waals surface area contributed by atoms with Crippen LogP contribution in [0.5, 0.6) is 0 Å². The third kappa shape index (κ3) is 2.92. The van der Waals surface area contributed by atoms with Gasteiger partial charge >= 0.3 is 0 Å². The van der Waals surface area contributed by atoms with E-state index in [9.17, 15) is 0 Å². The van der Waals surface area contributed by atoms with Crippen LogP contribution in [0.4, 0.5) is 0 Å². The molecule has 3 heterocycles. The van der Waals surface area contributed by atoms with Crippen molar-refractivity contribution >= 4 is 10.9 Å². The Hall–Kier alpha value is -1.32. The van der Waals surface area contributed by atoms with Crippen LogP contribution in [0.2, 0.25) is 0 Å². The number of rotatable bonds is 3. The molecule has 2 aliphatic heterocycles. The third-order valence-electron chi connectivity index (χ3n) is 5.73. The van der Waals surface area contributed by atoms with Gasteiger partial charge in [-0.15, -0.1) is 0 Å². The molecule has 2 atom stereocenters. The lowest BCUT2D eigenvalue weighted by Gasteiger charge is -2.25. The van der Waals surface area contributed by atoms with Crippen LogP contribution in [0, 0.1) is 12.8 Å². The van der Waals surface area contributed by atoms with Crippen molar-refractivity contribution in [1.29, 1.82) is 0 Å². The van der Waals surface area contributed by atoms with Crippen LogP contribution in [-0.4, -0.2) is 23.7 Å². The largest absolute Gasteiger partial charge is 0.344 e. The monoisotopic (exact) mass is 311 g/mol. The van der Waals surface area contributed by atoms with Gasteiger partial charge in [-0.25, -0.2) is 0 Å². The van der Waals surface area contributed by atoms with E-state index in [4.69, 9.17) is 0 Å². The predicted octanol–water partition coefficient (Wildman–Crippen LogP) is 3.37. The molecule has 1 saturated heterocycles. The lowest BCUT2D eigenvalue weighted by molar-refractivity contribution is 0.340. The molecule has 2 aromatic rings. The van der Waals surface area contributed by atoms with E-state index in [1.807, 2.05) is 0 Å². The third-order valence-corrected chi connectivity index (χ3v) is 5.73. The van der Waals surface area contributed by atoms with Gasteiger partial charge in [-0.3, -0.25) is 0 Å². The van der Waals surface area contributed by atoms with Crippen molar-refractivity contribution in [3.05, 3.63) is 35.0 Å². The number of piperidine rings is 1. The minimum Gasteiger partial charge on any atom is -0.344 e. The molecule has 2 aliphatic rings. The maximum Gasteiger partial charge on any atom is 0.0486 e. The van der Waals surface area contributed by atoms with E-state index in [1.54, 1.807) is 11.3 Å². The number of hydrogen-bond acceptors (Lipinski definition) is 2. The summed E-state index contributed by atoms with van der Waals surface area (Å²) >= 11 is 0. The summed E-state index contributed by atoms with van der Waals surface area (Å²) in [5.74, 6) is 0.849. The summed E-state index contributed by atoms with van der Waals surface area (Å²) in [6.45, 7) is 9.12. The molecule has 23 heavy (non-hydrogen) atoms. The fourth-order valence-electron chi connectivity index (χ4n) is 4.40. The Morgan fingerprint density at radius 1 is 1.30 bits per heavy atom. The van der Waals surface area contributed by atoms with E-state index >= 15 is 0 Å². The highest BCUT2D eigenvalue weighted by molar-refractivity contribution is 5.86.